The van der Waals surface area contributed by atoms with Crippen molar-refractivity contribution >= 4 is 0 Å². The quantitative estimate of drug-likeness (QED) is 0.704. The summed E-state index contributed by atoms with van der Waals surface area (Å²) in [5.74, 6) is 0.529. The Labute approximate surface area is 130 Å². The Hall–Kier alpha value is -1.37. The Morgan fingerprint density at radius 1 is 1.10 bits per heavy atom. The second kappa shape index (κ2) is 9.55. The fourth-order valence-corrected chi connectivity index (χ4v) is 2.40. The van der Waals surface area contributed by atoms with Gasteiger partial charge in [-0.3, -0.25) is 5.32 Å². The summed E-state index contributed by atoms with van der Waals surface area (Å²) in [4.78, 5) is 2.40. The van der Waals surface area contributed by atoms with E-state index in [9.17, 15) is 5.26 Å². The maximum atomic E-state index is 9.34. The molecule has 0 spiro atoms. The van der Waals surface area contributed by atoms with Crippen molar-refractivity contribution in [2.24, 2.45) is 0 Å². The van der Waals surface area contributed by atoms with E-state index in [-0.39, 0.29) is 6.04 Å². The fourth-order valence-electron chi connectivity index (χ4n) is 2.40. The standard InChI is InChI=1S/C18H29N3/c1-5-21(6-2)13-7-12-20-18(14-19)17-10-8-16(9-11-17)15(3)4/h8-11,15,18,20H,5-7,12-13H2,1-4H3. The van der Waals surface area contributed by atoms with Crippen LogP contribution in [0.4, 0.5) is 0 Å². The molecule has 0 saturated heterocycles. The van der Waals surface area contributed by atoms with Crippen molar-refractivity contribution in [1.29, 1.82) is 5.26 Å². The average molecular weight is 287 g/mol. The van der Waals surface area contributed by atoms with Crippen molar-refractivity contribution < 1.29 is 0 Å². The predicted molar refractivity (Wildman–Crippen MR) is 89.3 cm³/mol. The molecule has 0 aliphatic heterocycles. The highest BCUT2D eigenvalue weighted by atomic mass is 15.1. The zero-order valence-electron chi connectivity index (χ0n) is 13.9. The minimum atomic E-state index is -0.206. The monoisotopic (exact) mass is 287 g/mol. The maximum Gasteiger partial charge on any atom is 0.121 e. The van der Waals surface area contributed by atoms with Gasteiger partial charge in [-0.2, -0.15) is 5.26 Å². The average Bonchev–Trinajstić information content (AvgIpc) is 2.51. The van der Waals surface area contributed by atoms with Crippen molar-refractivity contribution in [3.05, 3.63) is 35.4 Å². The third kappa shape index (κ3) is 5.87. The van der Waals surface area contributed by atoms with Crippen LogP contribution in [0.5, 0.6) is 0 Å². The van der Waals surface area contributed by atoms with E-state index < -0.39 is 0 Å². The molecular formula is C18H29N3. The number of hydrogen-bond acceptors (Lipinski definition) is 3. The van der Waals surface area contributed by atoms with Crippen molar-refractivity contribution in [3.63, 3.8) is 0 Å². The smallest absolute Gasteiger partial charge is 0.121 e. The van der Waals surface area contributed by atoms with Crippen LogP contribution >= 0.6 is 0 Å². The van der Waals surface area contributed by atoms with Crippen LogP contribution < -0.4 is 5.32 Å². The Bertz CT molecular complexity index is 427. The van der Waals surface area contributed by atoms with E-state index in [0.29, 0.717) is 5.92 Å². The fraction of sp³-hybridized carbons (Fsp3) is 0.611. The molecule has 116 valence electrons. The van der Waals surface area contributed by atoms with Crippen LogP contribution in [0.15, 0.2) is 24.3 Å². The molecule has 1 rings (SSSR count). The van der Waals surface area contributed by atoms with Crippen LogP contribution in [0.2, 0.25) is 0 Å². The van der Waals surface area contributed by atoms with Gasteiger partial charge in [0.2, 0.25) is 0 Å². The van der Waals surface area contributed by atoms with E-state index in [1.165, 1.54) is 5.56 Å². The number of benzene rings is 1. The summed E-state index contributed by atoms with van der Waals surface area (Å²) in [6, 6.07) is 10.5. The summed E-state index contributed by atoms with van der Waals surface area (Å²) in [6.07, 6.45) is 1.07. The van der Waals surface area contributed by atoms with E-state index in [2.05, 4.69) is 68.2 Å². The van der Waals surface area contributed by atoms with E-state index in [1.807, 2.05) is 0 Å². The maximum absolute atomic E-state index is 9.34. The van der Waals surface area contributed by atoms with Gasteiger partial charge in [0.05, 0.1) is 6.07 Å². The van der Waals surface area contributed by atoms with Crippen molar-refractivity contribution in [2.45, 2.75) is 46.1 Å². The van der Waals surface area contributed by atoms with Crippen molar-refractivity contribution in [3.8, 4) is 6.07 Å². The summed E-state index contributed by atoms with van der Waals surface area (Å²) in [5, 5.41) is 12.7. The highest BCUT2D eigenvalue weighted by Crippen LogP contribution is 2.18. The Morgan fingerprint density at radius 2 is 1.67 bits per heavy atom. The lowest BCUT2D eigenvalue weighted by molar-refractivity contribution is 0.297. The lowest BCUT2D eigenvalue weighted by Crippen LogP contribution is -2.28. The molecule has 3 heteroatoms. The van der Waals surface area contributed by atoms with Gasteiger partial charge in [0, 0.05) is 0 Å². The van der Waals surface area contributed by atoms with Crippen LogP contribution in [-0.4, -0.2) is 31.1 Å². The molecule has 0 aliphatic rings. The molecule has 0 bridgehead atoms. The van der Waals surface area contributed by atoms with Gasteiger partial charge in [-0.1, -0.05) is 52.0 Å². The Morgan fingerprint density at radius 3 is 2.14 bits per heavy atom. The van der Waals surface area contributed by atoms with E-state index in [1.54, 1.807) is 0 Å². The van der Waals surface area contributed by atoms with E-state index in [0.717, 1.165) is 38.2 Å². The summed E-state index contributed by atoms with van der Waals surface area (Å²) >= 11 is 0. The SMILES string of the molecule is CCN(CC)CCCNC(C#N)c1ccc(C(C)C)cc1. The first-order chi connectivity index (χ1) is 10.1. The first kappa shape index (κ1) is 17.7. The molecule has 1 aromatic carbocycles. The molecule has 0 amide bonds. The molecule has 1 aromatic rings. The molecule has 1 atom stereocenters. The van der Waals surface area contributed by atoms with Crippen molar-refractivity contribution in [1.82, 2.24) is 10.2 Å². The third-order valence-electron chi connectivity index (χ3n) is 3.96. The summed E-state index contributed by atoms with van der Waals surface area (Å²) in [7, 11) is 0. The zero-order chi connectivity index (χ0) is 15.7. The first-order valence-corrected chi connectivity index (χ1v) is 8.07. The molecule has 21 heavy (non-hydrogen) atoms. The predicted octanol–water partition coefficient (Wildman–Crippen LogP) is 3.70. The number of nitrogens with zero attached hydrogens (tertiary/aromatic N) is 2. The highest BCUT2D eigenvalue weighted by Gasteiger charge is 2.10. The number of nitrogens with one attached hydrogen (secondary N) is 1. The van der Waals surface area contributed by atoms with Crippen LogP contribution in [0, 0.1) is 11.3 Å². The second-order valence-electron chi connectivity index (χ2n) is 5.72. The molecule has 0 heterocycles. The number of hydrogen-bond donors (Lipinski definition) is 1. The van der Waals surface area contributed by atoms with Crippen LogP contribution in [-0.2, 0) is 0 Å². The van der Waals surface area contributed by atoms with Gasteiger partial charge >= 0.3 is 0 Å². The second-order valence-corrected chi connectivity index (χ2v) is 5.72. The molecule has 1 unspecified atom stereocenters. The number of nitriles is 1. The van der Waals surface area contributed by atoms with Gasteiger partial charge in [0.1, 0.15) is 6.04 Å². The Kier molecular flexibility index (Phi) is 8.04. The van der Waals surface area contributed by atoms with E-state index in [4.69, 9.17) is 0 Å². The van der Waals surface area contributed by atoms with Gasteiger partial charge < -0.3 is 4.90 Å². The van der Waals surface area contributed by atoms with Gasteiger partial charge in [0.15, 0.2) is 0 Å². The van der Waals surface area contributed by atoms with E-state index >= 15 is 0 Å². The molecule has 0 fully saturated rings. The summed E-state index contributed by atoms with van der Waals surface area (Å²) in [6.45, 7) is 12.9. The molecule has 0 radical (unpaired) electrons. The molecule has 1 N–H and O–H groups in total. The van der Waals surface area contributed by atoms with Gasteiger partial charge in [-0.15, -0.1) is 0 Å². The normalized spacial score (nSPS) is 12.6. The van der Waals surface area contributed by atoms with Crippen LogP contribution in [0.1, 0.15) is 57.2 Å². The topological polar surface area (TPSA) is 39.1 Å². The third-order valence-corrected chi connectivity index (χ3v) is 3.96. The van der Waals surface area contributed by atoms with Crippen LogP contribution in [0.3, 0.4) is 0 Å². The zero-order valence-corrected chi connectivity index (χ0v) is 13.9. The lowest BCUT2D eigenvalue weighted by Gasteiger charge is -2.19. The summed E-state index contributed by atoms with van der Waals surface area (Å²) in [5.41, 5.74) is 2.38. The number of rotatable bonds is 9. The van der Waals surface area contributed by atoms with Gasteiger partial charge in [0.25, 0.3) is 0 Å². The minimum Gasteiger partial charge on any atom is -0.304 e. The molecular weight excluding hydrogens is 258 g/mol. The van der Waals surface area contributed by atoms with Gasteiger partial charge in [-0.25, -0.2) is 0 Å². The molecule has 0 aromatic heterocycles. The molecule has 0 saturated carbocycles. The highest BCUT2D eigenvalue weighted by molar-refractivity contribution is 5.29. The molecule has 3 nitrogen and oxygen atoms in total. The summed E-state index contributed by atoms with van der Waals surface area (Å²) < 4.78 is 0. The first-order valence-electron chi connectivity index (χ1n) is 8.07. The van der Waals surface area contributed by atoms with Crippen molar-refractivity contribution in [2.75, 3.05) is 26.2 Å². The largest absolute Gasteiger partial charge is 0.304 e. The molecule has 0 aliphatic carbocycles. The lowest BCUT2D eigenvalue weighted by atomic mass is 9.99. The Balaban J connectivity index is 2.46. The minimum absolute atomic E-state index is 0.206. The van der Waals surface area contributed by atoms with Crippen LogP contribution in [0.25, 0.3) is 0 Å². The van der Waals surface area contributed by atoms with Gasteiger partial charge in [-0.05, 0) is 49.6 Å².